The minimum absolute atomic E-state index is 0.0856. The third-order valence-corrected chi connectivity index (χ3v) is 1.76. The van der Waals surface area contributed by atoms with Gasteiger partial charge in [-0.2, -0.15) is 0 Å². The second kappa shape index (κ2) is 3.70. The molecule has 0 fully saturated rings. The van der Waals surface area contributed by atoms with Gasteiger partial charge in [-0.25, -0.2) is 0 Å². The highest BCUT2D eigenvalue weighted by molar-refractivity contribution is 6.31. The van der Waals surface area contributed by atoms with Crippen molar-refractivity contribution in [1.29, 1.82) is 0 Å². The molecule has 0 aromatic heterocycles. The number of nitrogens with two attached hydrogens (primary N) is 1. The Morgan fingerprint density at radius 2 is 2.25 bits per heavy atom. The van der Waals surface area contributed by atoms with Crippen molar-refractivity contribution < 1.29 is 4.79 Å². The molecule has 1 rings (SSSR count). The topological polar surface area (TPSA) is 43.1 Å². The Bertz CT molecular complexity index is 296. The van der Waals surface area contributed by atoms with Crippen LogP contribution in [0, 0.1) is 0 Å². The van der Waals surface area contributed by atoms with Crippen LogP contribution in [0.25, 0.3) is 0 Å². The molecule has 0 saturated heterocycles. The van der Waals surface area contributed by atoms with E-state index in [1.165, 1.54) is 0 Å². The molecule has 1 aromatic carbocycles. The summed E-state index contributed by atoms with van der Waals surface area (Å²) < 4.78 is 0. The summed E-state index contributed by atoms with van der Waals surface area (Å²) in [5, 5.41) is 0.557. The molecule has 1 atom stereocenters. The fourth-order valence-corrected chi connectivity index (χ4v) is 1.09. The number of carbonyl (C=O) groups excluding carboxylic acids is 1. The number of hydrogen-bond acceptors (Lipinski definition) is 2. The van der Waals surface area contributed by atoms with Crippen LogP contribution in [0.1, 0.15) is 17.3 Å². The van der Waals surface area contributed by atoms with Gasteiger partial charge < -0.3 is 5.73 Å². The number of rotatable bonds is 2. The Hall–Kier alpha value is -0.860. The molecular formula is C9H10ClNO. The van der Waals surface area contributed by atoms with E-state index >= 15 is 0 Å². The molecule has 0 amide bonds. The molecule has 1 unspecified atom stereocenters. The molecule has 2 nitrogen and oxygen atoms in total. The van der Waals surface area contributed by atoms with Gasteiger partial charge in [-0.05, 0) is 19.1 Å². The van der Waals surface area contributed by atoms with Crippen LogP contribution < -0.4 is 5.73 Å². The van der Waals surface area contributed by atoms with E-state index in [-0.39, 0.29) is 5.78 Å². The Morgan fingerprint density at radius 3 is 2.75 bits per heavy atom. The standard InChI is InChI=1S/C9H10ClNO/c1-6(11)9(12)7-3-2-4-8(10)5-7/h2-6H,11H2,1H3. The fraction of sp³-hybridized carbons (Fsp3) is 0.222. The summed E-state index contributed by atoms with van der Waals surface area (Å²) in [6.07, 6.45) is 0. The van der Waals surface area contributed by atoms with Crippen molar-refractivity contribution in [2.24, 2.45) is 5.73 Å². The van der Waals surface area contributed by atoms with Gasteiger partial charge in [-0.1, -0.05) is 23.7 Å². The van der Waals surface area contributed by atoms with E-state index in [9.17, 15) is 4.79 Å². The lowest BCUT2D eigenvalue weighted by Crippen LogP contribution is -2.26. The lowest BCUT2D eigenvalue weighted by atomic mass is 10.1. The molecule has 0 radical (unpaired) electrons. The first kappa shape index (κ1) is 9.23. The third kappa shape index (κ3) is 2.06. The highest BCUT2D eigenvalue weighted by atomic mass is 35.5. The highest BCUT2D eigenvalue weighted by Crippen LogP contribution is 2.11. The van der Waals surface area contributed by atoms with Crippen molar-refractivity contribution >= 4 is 17.4 Å². The Morgan fingerprint density at radius 1 is 1.58 bits per heavy atom. The zero-order valence-electron chi connectivity index (χ0n) is 6.75. The first-order valence-electron chi connectivity index (χ1n) is 3.66. The second-order valence-corrected chi connectivity index (χ2v) is 3.10. The number of Topliss-reactive ketones (excluding diaryl/α,β-unsaturated/α-hetero) is 1. The van der Waals surface area contributed by atoms with E-state index in [1.807, 2.05) is 0 Å². The quantitative estimate of drug-likeness (QED) is 0.712. The molecule has 3 heteroatoms. The van der Waals surface area contributed by atoms with Crippen LogP contribution in [-0.2, 0) is 0 Å². The zero-order valence-corrected chi connectivity index (χ0v) is 7.51. The van der Waals surface area contributed by atoms with E-state index in [0.717, 1.165) is 0 Å². The molecule has 0 heterocycles. The van der Waals surface area contributed by atoms with E-state index in [4.69, 9.17) is 17.3 Å². The smallest absolute Gasteiger partial charge is 0.179 e. The van der Waals surface area contributed by atoms with Gasteiger partial charge >= 0.3 is 0 Å². The average molecular weight is 184 g/mol. The van der Waals surface area contributed by atoms with Crippen molar-refractivity contribution in [3.8, 4) is 0 Å². The minimum Gasteiger partial charge on any atom is -0.321 e. The minimum atomic E-state index is -0.469. The SMILES string of the molecule is CC(N)C(=O)c1cccc(Cl)c1. The number of ketones is 1. The predicted molar refractivity (Wildman–Crippen MR) is 49.4 cm³/mol. The molecule has 0 aliphatic heterocycles. The Kier molecular flexibility index (Phi) is 2.84. The molecule has 1 aromatic rings. The van der Waals surface area contributed by atoms with Crippen molar-refractivity contribution in [3.05, 3.63) is 34.9 Å². The summed E-state index contributed by atoms with van der Waals surface area (Å²) in [5.74, 6) is -0.0856. The van der Waals surface area contributed by atoms with Gasteiger partial charge in [0.1, 0.15) is 0 Å². The molecule has 0 bridgehead atoms. The summed E-state index contributed by atoms with van der Waals surface area (Å²) in [6, 6.07) is 6.31. The van der Waals surface area contributed by atoms with Gasteiger partial charge in [0.05, 0.1) is 6.04 Å². The predicted octanol–water partition coefficient (Wildman–Crippen LogP) is 1.87. The number of carbonyl (C=O) groups is 1. The van der Waals surface area contributed by atoms with Crippen LogP contribution in [0.15, 0.2) is 24.3 Å². The molecule has 0 saturated carbocycles. The van der Waals surface area contributed by atoms with Gasteiger partial charge in [0, 0.05) is 10.6 Å². The second-order valence-electron chi connectivity index (χ2n) is 2.66. The summed E-state index contributed by atoms with van der Waals surface area (Å²) in [6.45, 7) is 1.66. The summed E-state index contributed by atoms with van der Waals surface area (Å²) in [4.78, 5) is 11.3. The Labute approximate surface area is 76.3 Å². The van der Waals surface area contributed by atoms with E-state index in [0.29, 0.717) is 10.6 Å². The van der Waals surface area contributed by atoms with Crippen LogP contribution >= 0.6 is 11.6 Å². The number of hydrogen-bond donors (Lipinski definition) is 1. The molecule has 2 N–H and O–H groups in total. The van der Waals surface area contributed by atoms with E-state index in [1.54, 1.807) is 31.2 Å². The lowest BCUT2D eigenvalue weighted by Gasteiger charge is -2.03. The summed E-state index contributed by atoms with van der Waals surface area (Å²) in [5.41, 5.74) is 5.99. The zero-order chi connectivity index (χ0) is 9.14. The van der Waals surface area contributed by atoms with Crippen molar-refractivity contribution in [1.82, 2.24) is 0 Å². The average Bonchev–Trinajstić information content (AvgIpc) is 2.03. The summed E-state index contributed by atoms with van der Waals surface area (Å²) >= 11 is 5.70. The molecule has 12 heavy (non-hydrogen) atoms. The normalized spacial score (nSPS) is 12.6. The monoisotopic (exact) mass is 183 g/mol. The maximum absolute atomic E-state index is 11.3. The van der Waals surface area contributed by atoms with Crippen LogP contribution in [0.4, 0.5) is 0 Å². The first-order valence-corrected chi connectivity index (χ1v) is 4.04. The third-order valence-electron chi connectivity index (χ3n) is 1.52. The summed E-state index contributed by atoms with van der Waals surface area (Å²) in [7, 11) is 0. The van der Waals surface area contributed by atoms with Gasteiger partial charge in [0.25, 0.3) is 0 Å². The van der Waals surface area contributed by atoms with Crippen molar-refractivity contribution in [2.75, 3.05) is 0 Å². The van der Waals surface area contributed by atoms with E-state index in [2.05, 4.69) is 0 Å². The Balaban J connectivity index is 2.96. The maximum Gasteiger partial charge on any atom is 0.179 e. The first-order chi connectivity index (χ1) is 5.61. The molecule has 0 aliphatic carbocycles. The van der Waals surface area contributed by atoms with Gasteiger partial charge in [-0.3, -0.25) is 4.79 Å². The highest BCUT2D eigenvalue weighted by Gasteiger charge is 2.09. The number of halogens is 1. The molecule has 0 spiro atoms. The lowest BCUT2D eigenvalue weighted by molar-refractivity contribution is 0.0968. The van der Waals surface area contributed by atoms with Crippen LogP contribution in [0.3, 0.4) is 0 Å². The number of benzene rings is 1. The van der Waals surface area contributed by atoms with Gasteiger partial charge in [-0.15, -0.1) is 0 Å². The van der Waals surface area contributed by atoms with Gasteiger partial charge in [0.15, 0.2) is 5.78 Å². The van der Waals surface area contributed by atoms with Gasteiger partial charge in [0.2, 0.25) is 0 Å². The van der Waals surface area contributed by atoms with Crippen LogP contribution in [0.2, 0.25) is 5.02 Å². The molecule has 64 valence electrons. The van der Waals surface area contributed by atoms with Crippen LogP contribution in [0.5, 0.6) is 0 Å². The molecular weight excluding hydrogens is 174 g/mol. The van der Waals surface area contributed by atoms with Crippen LogP contribution in [-0.4, -0.2) is 11.8 Å². The molecule has 0 aliphatic rings. The van der Waals surface area contributed by atoms with E-state index < -0.39 is 6.04 Å². The van der Waals surface area contributed by atoms with Crippen molar-refractivity contribution in [3.63, 3.8) is 0 Å². The fourth-order valence-electron chi connectivity index (χ4n) is 0.905. The maximum atomic E-state index is 11.3. The van der Waals surface area contributed by atoms with Crippen molar-refractivity contribution in [2.45, 2.75) is 13.0 Å². The largest absolute Gasteiger partial charge is 0.321 e.